The molecular formula is C13H14ClN5O2. The number of aromatic nitrogens is 3. The van der Waals surface area contributed by atoms with Crippen LogP contribution in [0, 0.1) is 0 Å². The highest BCUT2D eigenvalue weighted by molar-refractivity contribution is 6.28. The van der Waals surface area contributed by atoms with Crippen molar-refractivity contribution in [1.29, 1.82) is 0 Å². The molecule has 0 saturated heterocycles. The second-order valence-corrected chi connectivity index (χ2v) is 4.96. The number of anilines is 2. The Labute approximate surface area is 125 Å². The summed E-state index contributed by atoms with van der Waals surface area (Å²) in [6.45, 7) is 3.78. The molecule has 2 aromatic heterocycles. The van der Waals surface area contributed by atoms with Crippen molar-refractivity contribution in [2.75, 3.05) is 5.32 Å². The van der Waals surface area contributed by atoms with Gasteiger partial charge >= 0.3 is 0 Å². The van der Waals surface area contributed by atoms with E-state index in [2.05, 4.69) is 15.3 Å². The molecule has 0 aliphatic rings. The number of nitrogens with two attached hydrogens (primary N) is 1. The molecule has 0 bridgehead atoms. The first-order valence-electron chi connectivity index (χ1n) is 6.20. The van der Waals surface area contributed by atoms with E-state index in [1.54, 1.807) is 22.9 Å². The summed E-state index contributed by atoms with van der Waals surface area (Å²) in [6.07, 6.45) is 2.89. The molecule has 0 fully saturated rings. The molecule has 7 nitrogen and oxygen atoms in total. The van der Waals surface area contributed by atoms with E-state index in [4.69, 9.17) is 17.3 Å². The zero-order valence-electron chi connectivity index (χ0n) is 11.5. The third kappa shape index (κ3) is 3.19. The van der Waals surface area contributed by atoms with E-state index >= 15 is 0 Å². The lowest BCUT2D eigenvalue weighted by molar-refractivity contribution is 0.100. The van der Waals surface area contributed by atoms with Crippen molar-refractivity contribution in [3.63, 3.8) is 0 Å². The highest BCUT2D eigenvalue weighted by atomic mass is 35.5. The number of halogens is 1. The van der Waals surface area contributed by atoms with Crippen molar-refractivity contribution in [2.45, 2.75) is 19.9 Å². The summed E-state index contributed by atoms with van der Waals surface area (Å²) in [7, 11) is 0. The molecule has 2 aromatic rings. The van der Waals surface area contributed by atoms with Crippen LogP contribution >= 0.6 is 11.6 Å². The third-order valence-corrected chi connectivity index (χ3v) is 2.99. The van der Waals surface area contributed by atoms with Gasteiger partial charge < -0.3 is 15.6 Å². The number of nitrogens with zero attached hydrogens (tertiary/aromatic N) is 3. The number of rotatable bonds is 4. The fraction of sp³-hybridized carbons (Fsp3) is 0.231. The lowest BCUT2D eigenvalue weighted by Gasteiger charge is -2.13. The SMILES string of the molecule is CC(C)n1cccc(Nc2nc(Cl)ncc2C(N)=O)c1=O. The number of primary amides is 1. The van der Waals surface area contributed by atoms with E-state index in [0.717, 1.165) is 0 Å². The van der Waals surface area contributed by atoms with Gasteiger partial charge in [-0.15, -0.1) is 0 Å². The maximum atomic E-state index is 12.3. The van der Waals surface area contributed by atoms with Crippen LogP contribution in [0.25, 0.3) is 0 Å². The topological polar surface area (TPSA) is 103 Å². The van der Waals surface area contributed by atoms with E-state index < -0.39 is 5.91 Å². The van der Waals surface area contributed by atoms with Gasteiger partial charge in [0.05, 0.1) is 0 Å². The largest absolute Gasteiger partial charge is 0.365 e. The first-order chi connectivity index (χ1) is 9.90. The predicted octanol–water partition coefficient (Wildman–Crippen LogP) is 1.72. The molecule has 0 unspecified atom stereocenters. The summed E-state index contributed by atoms with van der Waals surface area (Å²) in [6, 6.07) is 3.31. The van der Waals surface area contributed by atoms with E-state index in [1.807, 2.05) is 13.8 Å². The van der Waals surface area contributed by atoms with Crippen molar-refractivity contribution >= 4 is 29.0 Å². The van der Waals surface area contributed by atoms with Crippen molar-refractivity contribution in [1.82, 2.24) is 14.5 Å². The Kier molecular flexibility index (Phi) is 4.23. The molecule has 2 rings (SSSR count). The van der Waals surface area contributed by atoms with Crippen molar-refractivity contribution in [3.05, 3.63) is 45.7 Å². The van der Waals surface area contributed by atoms with E-state index in [-0.39, 0.29) is 34.0 Å². The quantitative estimate of drug-likeness (QED) is 0.837. The van der Waals surface area contributed by atoms with Gasteiger partial charge in [0.2, 0.25) is 5.28 Å². The summed E-state index contributed by atoms with van der Waals surface area (Å²) in [4.78, 5) is 31.2. The van der Waals surface area contributed by atoms with E-state index in [1.165, 1.54) is 6.20 Å². The maximum Gasteiger partial charge on any atom is 0.274 e. The highest BCUT2D eigenvalue weighted by Gasteiger charge is 2.14. The number of carbonyl (C=O) groups excluding carboxylic acids is 1. The number of nitrogens with one attached hydrogen (secondary N) is 1. The molecule has 0 spiro atoms. The molecule has 3 N–H and O–H groups in total. The molecule has 0 aromatic carbocycles. The van der Waals surface area contributed by atoms with Crippen LogP contribution in [-0.2, 0) is 0 Å². The molecule has 2 heterocycles. The van der Waals surface area contributed by atoms with Crippen LogP contribution in [0.2, 0.25) is 5.28 Å². The van der Waals surface area contributed by atoms with Gasteiger partial charge in [0, 0.05) is 18.4 Å². The molecular weight excluding hydrogens is 294 g/mol. The molecule has 0 atom stereocenters. The number of hydrogen-bond donors (Lipinski definition) is 2. The van der Waals surface area contributed by atoms with Crippen molar-refractivity contribution in [2.24, 2.45) is 5.73 Å². The average molecular weight is 308 g/mol. The summed E-state index contributed by atoms with van der Waals surface area (Å²) in [5, 5.41) is 2.74. The van der Waals surface area contributed by atoms with Crippen LogP contribution in [0.3, 0.4) is 0 Å². The van der Waals surface area contributed by atoms with Crippen LogP contribution in [0.15, 0.2) is 29.3 Å². The van der Waals surface area contributed by atoms with Gasteiger partial charge in [-0.25, -0.2) is 4.98 Å². The first-order valence-corrected chi connectivity index (χ1v) is 6.58. The van der Waals surface area contributed by atoms with Crippen LogP contribution in [0.5, 0.6) is 0 Å². The number of pyridine rings is 1. The second kappa shape index (κ2) is 5.92. The standard InChI is InChI=1S/C13H14ClN5O2/c1-7(2)19-5-3-4-9(12(19)21)17-11-8(10(15)20)6-16-13(14)18-11/h3-7H,1-2H3,(H2,15,20)(H,16,17,18). The van der Waals surface area contributed by atoms with Gasteiger partial charge in [-0.1, -0.05) is 0 Å². The molecule has 8 heteroatoms. The lowest BCUT2D eigenvalue weighted by Crippen LogP contribution is -2.24. The second-order valence-electron chi connectivity index (χ2n) is 4.62. The molecule has 0 saturated carbocycles. The van der Waals surface area contributed by atoms with Crippen LogP contribution in [0.1, 0.15) is 30.2 Å². The molecule has 0 aliphatic carbocycles. The summed E-state index contributed by atoms with van der Waals surface area (Å²) < 4.78 is 1.55. The zero-order chi connectivity index (χ0) is 15.6. The van der Waals surface area contributed by atoms with Gasteiger partial charge in [0.25, 0.3) is 11.5 Å². The van der Waals surface area contributed by atoms with Gasteiger partial charge in [-0.05, 0) is 37.6 Å². The number of hydrogen-bond acceptors (Lipinski definition) is 5. The molecule has 110 valence electrons. The van der Waals surface area contributed by atoms with E-state index in [0.29, 0.717) is 0 Å². The Bertz CT molecular complexity index is 742. The minimum Gasteiger partial charge on any atom is -0.365 e. The molecule has 21 heavy (non-hydrogen) atoms. The Morgan fingerprint density at radius 1 is 1.48 bits per heavy atom. The molecule has 0 aliphatic heterocycles. The van der Waals surface area contributed by atoms with Crippen LogP contribution < -0.4 is 16.6 Å². The third-order valence-electron chi connectivity index (χ3n) is 2.81. The number of carbonyl (C=O) groups is 1. The van der Waals surface area contributed by atoms with Gasteiger partial charge in [-0.2, -0.15) is 4.98 Å². The highest BCUT2D eigenvalue weighted by Crippen LogP contribution is 2.17. The molecule has 0 radical (unpaired) electrons. The Morgan fingerprint density at radius 2 is 2.19 bits per heavy atom. The van der Waals surface area contributed by atoms with Crippen LogP contribution in [0.4, 0.5) is 11.5 Å². The summed E-state index contributed by atoms with van der Waals surface area (Å²) in [5.41, 5.74) is 5.33. The molecule has 1 amide bonds. The fourth-order valence-electron chi connectivity index (χ4n) is 1.78. The normalized spacial score (nSPS) is 10.7. The Hall–Kier alpha value is -2.41. The van der Waals surface area contributed by atoms with E-state index in [9.17, 15) is 9.59 Å². The smallest absolute Gasteiger partial charge is 0.274 e. The Balaban J connectivity index is 2.48. The van der Waals surface area contributed by atoms with Gasteiger partial charge in [0.15, 0.2) is 0 Å². The van der Waals surface area contributed by atoms with Crippen LogP contribution in [-0.4, -0.2) is 20.4 Å². The summed E-state index contributed by atoms with van der Waals surface area (Å²) >= 11 is 5.71. The average Bonchev–Trinajstić information content (AvgIpc) is 2.40. The summed E-state index contributed by atoms with van der Waals surface area (Å²) in [5.74, 6) is -0.615. The monoisotopic (exact) mass is 307 g/mol. The Morgan fingerprint density at radius 3 is 2.81 bits per heavy atom. The number of amides is 1. The maximum absolute atomic E-state index is 12.3. The minimum absolute atomic E-state index is 0.00356. The van der Waals surface area contributed by atoms with Crippen molar-refractivity contribution in [3.8, 4) is 0 Å². The van der Waals surface area contributed by atoms with Gasteiger partial charge in [-0.3, -0.25) is 9.59 Å². The van der Waals surface area contributed by atoms with Gasteiger partial charge in [0.1, 0.15) is 17.1 Å². The minimum atomic E-state index is -0.714. The lowest BCUT2D eigenvalue weighted by atomic mass is 10.2. The van der Waals surface area contributed by atoms with Crippen molar-refractivity contribution < 1.29 is 4.79 Å². The predicted molar refractivity (Wildman–Crippen MR) is 79.9 cm³/mol. The zero-order valence-corrected chi connectivity index (χ0v) is 12.3. The first kappa shape index (κ1) is 15.0. The fourth-order valence-corrected chi connectivity index (χ4v) is 1.91.